The van der Waals surface area contributed by atoms with E-state index in [0.717, 1.165) is 17.8 Å². The fraction of sp³-hybridized carbons (Fsp3) is 0.400. The molecule has 7 heteroatoms. The van der Waals surface area contributed by atoms with Gasteiger partial charge in [-0.25, -0.2) is 5.48 Å². The van der Waals surface area contributed by atoms with Crippen molar-refractivity contribution in [1.82, 2.24) is 20.2 Å². The molecule has 1 aliphatic heterocycles. The standard InChI is InChI=1S/C15H18N4O3/c1-19-13(9-14(20)18-22-12-7-8-21-10-12)16-17-15(19)11-5-3-2-4-6-11/h2-6,12H,7-10H2,1H3,(H,18,20). The summed E-state index contributed by atoms with van der Waals surface area (Å²) in [5.74, 6) is 1.07. The molecular formula is C15H18N4O3. The molecule has 0 spiro atoms. The van der Waals surface area contributed by atoms with Gasteiger partial charge in [0, 0.05) is 25.6 Å². The van der Waals surface area contributed by atoms with Crippen LogP contribution in [0.1, 0.15) is 12.2 Å². The van der Waals surface area contributed by atoms with E-state index >= 15 is 0 Å². The smallest absolute Gasteiger partial charge is 0.251 e. The second-order valence-electron chi connectivity index (χ2n) is 5.17. The van der Waals surface area contributed by atoms with E-state index in [9.17, 15) is 4.79 Å². The lowest BCUT2D eigenvalue weighted by atomic mass is 10.2. The van der Waals surface area contributed by atoms with Crippen molar-refractivity contribution in [3.63, 3.8) is 0 Å². The zero-order valence-electron chi connectivity index (χ0n) is 12.4. The van der Waals surface area contributed by atoms with E-state index in [4.69, 9.17) is 9.57 Å². The maximum atomic E-state index is 11.9. The minimum Gasteiger partial charge on any atom is -0.379 e. The van der Waals surface area contributed by atoms with Crippen LogP contribution in [0, 0.1) is 0 Å². The summed E-state index contributed by atoms with van der Waals surface area (Å²) in [6, 6.07) is 9.73. The lowest BCUT2D eigenvalue weighted by Crippen LogP contribution is -2.31. The van der Waals surface area contributed by atoms with Gasteiger partial charge in [0.15, 0.2) is 5.82 Å². The maximum absolute atomic E-state index is 11.9. The quantitative estimate of drug-likeness (QED) is 0.829. The first kappa shape index (κ1) is 14.7. The van der Waals surface area contributed by atoms with E-state index in [-0.39, 0.29) is 18.4 Å². The van der Waals surface area contributed by atoms with Gasteiger partial charge in [-0.2, -0.15) is 0 Å². The lowest BCUT2D eigenvalue weighted by molar-refractivity contribution is -0.137. The Hall–Kier alpha value is -2.25. The monoisotopic (exact) mass is 302 g/mol. The predicted octanol–water partition coefficient (Wildman–Crippen LogP) is 0.861. The van der Waals surface area contributed by atoms with Crippen LogP contribution in [0.15, 0.2) is 30.3 Å². The fourth-order valence-corrected chi connectivity index (χ4v) is 2.29. The Morgan fingerprint density at radius 2 is 2.23 bits per heavy atom. The number of hydrogen-bond donors (Lipinski definition) is 1. The van der Waals surface area contributed by atoms with Crippen LogP contribution in [0.3, 0.4) is 0 Å². The molecule has 1 N–H and O–H groups in total. The molecular weight excluding hydrogens is 284 g/mol. The first-order chi connectivity index (χ1) is 10.7. The van der Waals surface area contributed by atoms with Crippen molar-refractivity contribution in [2.24, 2.45) is 7.05 Å². The molecule has 2 aromatic rings. The van der Waals surface area contributed by atoms with Crippen LogP contribution in [0.4, 0.5) is 0 Å². The molecule has 3 rings (SSSR count). The molecule has 1 amide bonds. The highest BCUT2D eigenvalue weighted by atomic mass is 16.7. The molecule has 2 heterocycles. The van der Waals surface area contributed by atoms with E-state index in [1.807, 2.05) is 41.9 Å². The normalized spacial score (nSPS) is 17.6. The summed E-state index contributed by atoms with van der Waals surface area (Å²) in [6.07, 6.45) is 0.843. The third-order valence-corrected chi connectivity index (χ3v) is 3.54. The Morgan fingerprint density at radius 1 is 1.41 bits per heavy atom. The molecule has 1 aromatic heterocycles. The van der Waals surface area contributed by atoms with Crippen LogP contribution >= 0.6 is 0 Å². The highest BCUT2D eigenvalue weighted by Crippen LogP contribution is 2.16. The SMILES string of the molecule is Cn1c(CC(=O)NOC2CCOC2)nnc1-c1ccccc1. The Bertz CT molecular complexity index is 635. The van der Waals surface area contributed by atoms with Crippen LogP contribution in [0.25, 0.3) is 11.4 Å². The average Bonchev–Trinajstić information content (AvgIpc) is 3.17. The van der Waals surface area contributed by atoms with E-state index in [1.165, 1.54) is 0 Å². The number of ether oxygens (including phenoxy) is 1. The highest BCUT2D eigenvalue weighted by Gasteiger charge is 2.19. The van der Waals surface area contributed by atoms with Gasteiger partial charge < -0.3 is 9.30 Å². The van der Waals surface area contributed by atoms with Crippen LogP contribution in [-0.4, -0.2) is 40.0 Å². The molecule has 1 unspecified atom stereocenters. The number of benzene rings is 1. The summed E-state index contributed by atoms with van der Waals surface area (Å²) >= 11 is 0. The van der Waals surface area contributed by atoms with Crippen molar-refractivity contribution in [1.29, 1.82) is 0 Å². The molecule has 7 nitrogen and oxygen atoms in total. The molecule has 0 saturated carbocycles. The van der Waals surface area contributed by atoms with Crippen LogP contribution < -0.4 is 5.48 Å². The molecule has 0 aliphatic carbocycles. The van der Waals surface area contributed by atoms with Crippen LogP contribution in [-0.2, 0) is 27.8 Å². The molecule has 116 valence electrons. The minimum atomic E-state index is -0.248. The highest BCUT2D eigenvalue weighted by molar-refractivity contribution is 5.76. The Kier molecular flexibility index (Phi) is 4.45. The van der Waals surface area contributed by atoms with Gasteiger partial charge in [0.1, 0.15) is 11.9 Å². The molecule has 1 aliphatic rings. The van der Waals surface area contributed by atoms with Gasteiger partial charge in [-0.3, -0.25) is 9.63 Å². The third-order valence-electron chi connectivity index (χ3n) is 3.54. The zero-order chi connectivity index (χ0) is 15.4. The number of nitrogens with zero attached hydrogens (tertiary/aromatic N) is 3. The van der Waals surface area contributed by atoms with Crippen molar-refractivity contribution >= 4 is 5.91 Å². The number of hydrogen-bond acceptors (Lipinski definition) is 5. The maximum Gasteiger partial charge on any atom is 0.251 e. The largest absolute Gasteiger partial charge is 0.379 e. The number of rotatable bonds is 5. The van der Waals surface area contributed by atoms with Gasteiger partial charge >= 0.3 is 0 Å². The van der Waals surface area contributed by atoms with Crippen molar-refractivity contribution in [2.75, 3.05) is 13.2 Å². The first-order valence-corrected chi connectivity index (χ1v) is 7.20. The summed E-state index contributed by atoms with van der Waals surface area (Å²) in [5, 5.41) is 8.23. The molecule has 1 fully saturated rings. The molecule has 22 heavy (non-hydrogen) atoms. The van der Waals surface area contributed by atoms with Gasteiger partial charge in [-0.15, -0.1) is 10.2 Å². The van der Waals surface area contributed by atoms with Gasteiger partial charge in [0.2, 0.25) is 0 Å². The molecule has 1 atom stereocenters. The van der Waals surface area contributed by atoms with Gasteiger partial charge in [-0.1, -0.05) is 30.3 Å². The van der Waals surface area contributed by atoms with E-state index in [0.29, 0.717) is 19.0 Å². The number of nitrogens with one attached hydrogen (secondary N) is 1. The summed E-state index contributed by atoms with van der Waals surface area (Å²) in [5.41, 5.74) is 3.41. The zero-order valence-corrected chi connectivity index (χ0v) is 12.4. The first-order valence-electron chi connectivity index (χ1n) is 7.20. The van der Waals surface area contributed by atoms with Gasteiger partial charge in [0.25, 0.3) is 5.91 Å². The van der Waals surface area contributed by atoms with Crippen LogP contribution in [0.2, 0.25) is 0 Å². The molecule has 1 saturated heterocycles. The van der Waals surface area contributed by atoms with Crippen molar-refractivity contribution in [2.45, 2.75) is 18.9 Å². The van der Waals surface area contributed by atoms with E-state index in [1.54, 1.807) is 0 Å². The van der Waals surface area contributed by atoms with Gasteiger partial charge in [-0.05, 0) is 0 Å². The third kappa shape index (κ3) is 3.32. The number of carbonyl (C=O) groups excluding carboxylic acids is 1. The summed E-state index contributed by atoms with van der Waals surface area (Å²) in [4.78, 5) is 17.2. The Morgan fingerprint density at radius 3 is 2.95 bits per heavy atom. The summed E-state index contributed by atoms with van der Waals surface area (Å²) in [6.45, 7) is 1.19. The number of aromatic nitrogens is 3. The van der Waals surface area contributed by atoms with Crippen molar-refractivity contribution in [3.8, 4) is 11.4 Å². The fourth-order valence-electron chi connectivity index (χ4n) is 2.29. The molecule has 1 aromatic carbocycles. The van der Waals surface area contributed by atoms with Crippen molar-refractivity contribution < 1.29 is 14.4 Å². The summed E-state index contributed by atoms with van der Waals surface area (Å²) < 4.78 is 6.99. The van der Waals surface area contributed by atoms with Gasteiger partial charge in [0.05, 0.1) is 13.0 Å². The Balaban J connectivity index is 1.61. The van der Waals surface area contributed by atoms with Crippen molar-refractivity contribution in [3.05, 3.63) is 36.2 Å². The number of amides is 1. The van der Waals surface area contributed by atoms with E-state index in [2.05, 4.69) is 15.7 Å². The topological polar surface area (TPSA) is 78.3 Å². The second kappa shape index (κ2) is 6.67. The van der Waals surface area contributed by atoms with E-state index < -0.39 is 0 Å². The lowest BCUT2D eigenvalue weighted by Gasteiger charge is -2.10. The average molecular weight is 302 g/mol. The van der Waals surface area contributed by atoms with Crippen LogP contribution in [0.5, 0.6) is 0 Å². The summed E-state index contributed by atoms with van der Waals surface area (Å²) in [7, 11) is 1.84. The molecule has 0 radical (unpaired) electrons. The predicted molar refractivity (Wildman–Crippen MR) is 78.6 cm³/mol. The molecule has 0 bridgehead atoms. The number of hydroxylamine groups is 1. The Labute approximate surface area is 128 Å². The minimum absolute atomic E-state index is 0.0664. The number of carbonyl (C=O) groups is 1. The second-order valence-corrected chi connectivity index (χ2v) is 5.17.